The van der Waals surface area contributed by atoms with Crippen LogP contribution in [0.3, 0.4) is 0 Å². The summed E-state index contributed by atoms with van der Waals surface area (Å²) >= 11 is 0. The second kappa shape index (κ2) is 6.87. The normalized spacial score (nSPS) is 20.5. The Labute approximate surface area is 113 Å². The summed E-state index contributed by atoms with van der Waals surface area (Å²) in [7, 11) is 0. The molecule has 106 valence electrons. The summed E-state index contributed by atoms with van der Waals surface area (Å²) in [6.07, 6.45) is 4.53. The number of rotatable bonds is 6. The molecule has 0 bridgehead atoms. The number of hydrogen-bond acceptors (Lipinski definition) is 3. The second-order valence-corrected chi connectivity index (χ2v) is 5.10. The molecule has 4 heteroatoms. The minimum atomic E-state index is -0.341. The second-order valence-electron chi connectivity index (χ2n) is 5.10. The number of hydrogen-bond donors (Lipinski definition) is 1. The van der Waals surface area contributed by atoms with Crippen LogP contribution in [0.1, 0.15) is 44.2 Å². The van der Waals surface area contributed by atoms with E-state index < -0.39 is 0 Å². The largest absolute Gasteiger partial charge is 0.491 e. The van der Waals surface area contributed by atoms with Crippen molar-refractivity contribution in [2.45, 2.75) is 44.8 Å². The maximum absolute atomic E-state index is 13.7. The fourth-order valence-corrected chi connectivity index (χ4v) is 2.28. The van der Waals surface area contributed by atoms with Crippen LogP contribution in [-0.2, 0) is 4.74 Å². The predicted octanol–water partition coefficient (Wildman–Crippen LogP) is 3.18. The van der Waals surface area contributed by atoms with Gasteiger partial charge in [-0.1, -0.05) is 6.07 Å². The van der Waals surface area contributed by atoms with Gasteiger partial charge in [0.2, 0.25) is 0 Å². The molecule has 2 atom stereocenters. The van der Waals surface area contributed by atoms with E-state index >= 15 is 0 Å². The molecule has 0 radical (unpaired) electrons. The summed E-state index contributed by atoms with van der Waals surface area (Å²) < 4.78 is 24.7. The lowest BCUT2D eigenvalue weighted by Crippen LogP contribution is -2.09. The quantitative estimate of drug-likeness (QED) is 0.805. The summed E-state index contributed by atoms with van der Waals surface area (Å²) in [5, 5.41) is 0. The zero-order valence-electron chi connectivity index (χ0n) is 11.4. The Morgan fingerprint density at radius 3 is 3.00 bits per heavy atom. The van der Waals surface area contributed by atoms with Crippen LogP contribution in [0.15, 0.2) is 18.2 Å². The summed E-state index contributed by atoms with van der Waals surface area (Å²) in [6, 6.07) is 4.74. The Hall–Kier alpha value is -1.13. The molecule has 0 spiro atoms. The maximum Gasteiger partial charge on any atom is 0.165 e. The van der Waals surface area contributed by atoms with E-state index in [0.29, 0.717) is 18.5 Å². The van der Waals surface area contributed by atoms with Gasteiger partial charge in [0.1, 0.15) is 0 Å². The average molecular weight is 267 g/mol. The molecular weight excluding hydrogens is 245 g/mol. The molecule has 0 aromatic heterocycles. The van der Waals surface area contributed by atoms with Crippen LogP contribution < -0.4 is 10.5 Å². The molecule has 0 saturated carbocycles. The highest BCUT2D eigenvalue weighted by atomic mass is 19.1. The SMILES string of the molecule is CC(N)c1ccc(OCCCC2CCCO2)c(F)c1. The average Bonchev–Trinajstić information content (AvgIpc) is 2.89. The van der Waals surface area contributed by atoms with Gasteiger partial charge >= 0.3 is 0 Å². The standard InChI is InChI=1S/C15H22FNO2/c1-11(17)12-6-7-15(14(16)10-12)19-9-3-5-13-4-2-8-18-13/h6-7,10-11,13H,2-5,8-9,17H2,1H3. The zero-order valence-corrected chi connectivity index (χ0v) is 11.4. The molecule has 1 aromatic carbocycles. The minimum Gasteiger partial charge on any atom is -0.491 e. The van der Waals surface area contributed by atoms with Gasteiger partial charge in [-0.15, -0.1) is 0 Å². The predicted molar refractivity (Wildman–Crippen MR) is 72.7 cm³/mol. The van der Waals surface area contributed by atoms with E-state index in [1.165, 1.54) is 6.07 Å². The maximum atomic E-state index is 13.7. The van der Waals surface area contributed by atoms with E-state index in [2.05, 4.69) is 0 Å². The van der Waals surface area contributed by atoms with E-state index in [-0.39, 0.29) is 11.9 Å². The zero-order chi connectivity index (χ0) is 13.7. The summed E-state index contributed by atoms with van der Waals surface area (Å²) in [5.41, 5.74) is 6.48. The first kappa shape index (κ1) is 14.3. The molecule has 19 heavy (non-hydrogen) atoms. The van der Waals surface area contributed by atoms with E-state index in [1.54, 1.807) is 6.07 Å². The van der Waals surface area contributed by atoms with Gasteiger partial charge in [0, 0.05) is 12.6 Å². The van der Waals surface area contributed by atoms with Crippen molar-refractivity contribution in [1.82, 2.24) is 0 Å². The molecule has 1 fully saturated rings. The van der Waals surface area contributed by atoms with Crippen molar-refractivity contribution in [3.05, 3.63) is 29.6 Å². The van der Waals surface area contributed by atoms with E-state index in [0.717, 1.165) is 37.9 Å². The number of benzene rings is 1. The Bertz CT molecular complexity index is 403. The third-order valence-electron chi connectivity index (χ3n) is 3.43. The van der Waals surface area contributed by atoms with Gasteiger partial charge in [0.05, 0.1) is 12.7 Å². The Balaban J connectivity index is 1.76. The third-order valence-corrected chi connectivity index (χ3v) is 3.43. The van der Waals surface area contributed by atoms with E-state index in [1.807, 2.05) is 13.0 Å². The van der Waals surface area contributed by atoms with Crippen LogP contribution in [-0.4, -0.2) is 19.3 Å². The van der Waals surface area contributed by atoms with Crippen LogP contribution in [0, 0.1) is 5.82 Å². The molecule has 0 aliphatic carbocycles. The Kier molecular flexibility index (Phi) is 5.16. The molecule has 1 aliphatic rings. The van der Waals surface area contributed by atoms with Crippen molar-refractivity contribution >= 4 is 0 Å². The summed E-state index contributed by atoms with van der Waals surface area (Å²) in [6.45, 7) is 3.23. The van der Waals surface area contributed by atoms with Crippen LogP contribution in [0.4, 0.5) is 4.39 Å². The van der Waals surface area contributed by atoms with Crippen LogP contribution in [0.25, 0.3) is 0 Å². The van der Waals surface area contributed by atoms with Crippen LogP contribution in [0.2, 0.25) is 0 Å². The van der Waals surface area contributed by atoms with Gasteiger partial charge in [-0.25, -0.2) is 4.39 Å². The van der Waals surface area contributed by atoms with Gasteiger partial charge in [0.25, 0.3) is 0 Å². The lowest BCUT2D eigenvalue weighted by atomic mass is 10.1. The molecular formula is C15H22FNO2. The molecule has 3 nitrogen and oxygen atoms in total. The summed E-state index contributed by atoms with van der Waals surface area (Å²) in [4.78, 5) is 0. The molecule has 1 saturated heterocycles. The first-order valence-electron chi connectivity index (χ1n) is 6.96. The van der Waals surface area contributed by atoms with Crippen molar-refractivity contribution in [3.8, 4) is 5.75 Å². The molecule has 1 heterocycles. The molecule has 0 amide bonds. The van der Waals surface area contributed by atoms with Crippen molar-refractivity contribution in [3.63, 3.8) is 0 Å². The molecule has 2 rings (SSSR count). The minimum absolute atomic E-state index is 0.164. The van der Waals surface area contributed by atoms with Crippen molar-refractivity contribution in [1.29, 1.82) is 0 Å². The van der Waals surface area contributed by atoms with Crippen LogP contribution in [0.5, 0.6) is 5.75 Å². The first-order valence-corrected chi connectivity index (χ1v) is 6.96. The number of ether oxygens (including phenoxy) is 2. The number of halogens is 1. The van der Waals surface area contributed by atoms with Gasteiger partial charge < -0.3 is 15.2 Å². The summed E-state index contributed by atoms with van der Waals surface area (Å²) in [5.74, 6) is -0.0383. The fourth-order valence-electron chi connectivity index (χ4n) is 2.28. The Morgan fingerprint density at radius 2 is 2.37 bits per heavy atom. The van der Waals surface area contributed by atoms with Gasteiger partial charge in [-0.05, 0) is 50.3 Å². The van der Waals surface area contributed by atoms with Crippen molar-refractivity contribution < 1.29 is 13.9 Å². The van der Waals surface area contributed by atoms with Crippen LogP contribution >= 0.6 is 0 Å². The fraction of sp³-hybridized carbons (Fsp3) is 0.600. The molecule has 1 aliphatic heterocycles. The topological polar surface area (TPSA) is 44.5 Å². The van der Waals surface area contributed by atoms with Gasteiger partial charge in [-0.2, -0.15) is 0 Å². The molecule has 2 unspecified atom stereocenters. The highest BCUT2D eigenvalue weighted by molar-refractivity contribution is 5.30. The molecule has 2 N–H and O–H groups in total. The van der Waals surface area contributed by atoms with Gasteiger partial charge in [0.15, 0.2) is 11.6 Å². The van der Waals surface area contributed by atoms with Crippen molar-refractivity contribution in [2.75, 3.05) is 13.2 Å². The monoisotopic (exact) mass is 267 g/mol. The number of nitrogens with two attached hydrogens (primary N) is 1. The van der Waals surface area contributed by atoms with Crippen molar-refractivity contribution in [2.24, 2.45) is 5.73 Å². The highest BCUT2D eigenvalue weighted by Gasteiger charge is 2.15. The van der Waals surface area contributed by atoms with Gasteiger partial charge in [-0.3, -0.25) is 0 Å². The lowest BCUT2D eigenvalue weighted by molar-refractivity contribution is 0.0979. The first-order chi connectivity index (χ1) is 9.16. The lowest BCUT2D eigenvalue weighted by Gasteiger charge is -2.12. The smallest absolute Gasteiger partial charge is 0.165 e. The Morgan fingerprint density at radius 1 is 1.53 bits per heavy atom. The highest BCUT2D eigenvalue weighted by Crippen LogP contribution is 2.22. The van der Waals surface area contributed by atoms with E-state index in [9.17, 15) is 4.39 Å². The third kappa shape index (κ3) is 4.18. The van der Waals surface area contributed by atoms with E-state index in [4.69, 9.17) is 15.2 Å². The molecule has 1 aromatic rings.